The summed E-state index contributed by atoms with van der Waals surface area (Å²) in [6.07, 6.45) is 3.71. The van der Waals surface area contributed by atoms with Gasteiger partial charge in [0.05, 0.1) is 10.6 Å². The Labute approximate surface area is 119 Å². The van der Waals surface area contributed by atoms with E-state index in [2.05, 4.69) is 0 Å². The van der Waals surface area contributed by atoms with Gasteiger partial charge in [0.1, 0.15) is 0 Å². The minimum Gasteiger partial charge on any atom is -0.264 e. The van der Waals surface area contributed by atoms with Gasteiger partial charge in [0.2, 0.25) is 5.54 Å². The van der Waals surface area contributed by atoms with Gasteiger partial charge in [-0.15, -0.1) is 0 Å². The highest BCUT2D eigenvalue weighted by atomic mass is 32.2. The summed E-state index contributed by atoms with van der Waals surface area (Å²) < 4.78 is 24.4. The van der Waals surface area contributed by atoms with Crippen LogP contribution in [0.15, 0.2) is 35.2 Å². The molecule has 1 aliphatic carbocycles. The number of sulfone groups is 1. The van der Waals surface area contributed by atoms with Crippen LogP contribution in [0, 0.1) is 10.1 Å². The maximum absolute atomic E-state index is 12.2. The number of nitrogens with zero attached hydrogens (tertiary/aromatic N) is 1. The summed E-state index contributed by atoms with van der Waals surface area (Å²) in [7, 11) is -3.44. The molecule has 0 heterocycles. The summed E-state index contributed by atoms with van der Waals surface area (Å²) in [5.41, 5.74) is -1.04. The lowest BCUT2D eigenvalue weighted by atomic mass is 9.80. The molecule has 0 amide bonds. The van der Waals surface area contributed by atoms with Crippen molar-refractivity contribution in [3.8, 4) is 0 Å². The van der Waals surface area contributed by atoms with Crippen molar-refractivity contribution < 1.29 is 13.3 Å². The third-order valence-electron chi connectivity index (χ3n) is 4.11. The maximum Gasteiger partial charge on any atom is 0.223 e. The minimum atomic E-state index is -3.44. The Morgan fingerprint density at radius 2 is 1.70 bits per heavy atom. The molecule has 0 N–H and O–H groups in total. The zero-order valence-corrected chi connectivity index (χ0v) is 12.1. The van der Waals surface area contributed by atoms with E-state index in [9.17, 15) is 18.5 Å². The van der Waals surface area contributed by atoms with E-state index in [4.69, 9.17) is 0 Å². The number of rotatable bonds is 5. The second-order valence-electron chi connectivity index (χ2n) is 5.42. The normalized spacial score (nSPS) is 18.6. The van der Waals surface area contributed by atoms with Gasteiger partial charge in [-0.2, -0.15) is 0 Å². The van der Waals surface area contributed by atoms with Crippen LogP contribution < -0.4 is 0 Å². The van der Waals surface area contributed by atoms with Crippen LogP contribution in [0.5, 0.6) is 0 Å². The van der Waals surface area contributed by atoms with Crippen LogP contribution in [0.3, 0.4) is 0 Å². The molecule has 0 bridgehead atoms. The molecule has 1 fully saturated rings. The molecule has 0 aromatic heterocycles. The van der Waals surface area contributed by atoms with Crippen LogP contribution >= 0.6 is 0 Å². The van der Waals surface area contributed by atoms with Gasteiger partial charge >= 0.3 is 0 Å². The van der Waals surface area contributed by atoms with Crippen molar-refractivity contribution in [2.45, 2.75) is 49.0 Å². The molecule has 1 aliphatic rings. The van der Waals surface area contributed by atoms with Gasteiger partial charge in [-0.1, -0.05) is 24.6 Å². The average Bonchev–Trinajstić information content (AvgIpc) is 2.47. The van der Waals surface area contributed by atoms with E-state index >= 15 is 0 Å². The fourth-order valence-electron chi connectivity index (χ4n) is 2.80. The fourth-order valence-corrected chi connectivity index (χ4v) is 4.26. The van der Waals surface area contributed by atoms with Gasteiger partial charge in [0.25, 0.3) is 0 Å². The number of nitro groups is 1. The Kier molecular flexibility index (Phi) is 4.42. The van der Waals surface area contributed by atoms with Crippen LogP contribution in [0.4, 0.5) is 0 Å². The molecule has 0 unspecified atom stereocenters. The zero-order chi connectivity index (χ0) is 14.6. The largest absolute Gasteiger partial charge is 0.264 e. The van der Waals surface area contributed by atoms with Crippen molar-refractivity contribution in [1.82, 2.24) is 0 Å². The molecular formula is C14H19NO4S. The summed E-state index contributed by atoms with van der Waals surface area (Å²) in [5, 5.41) is 11.3. The van der Waals surface area contributed by atoms with Gasteiger partial charge in [-0.3, -0.25) is 10.1 Å². The lowest BCUT2D eigenvalue weighted by molar-refractivity contribution is -0.575. The molecule has 0 radical (unpaired) electrons. The monoisotopic (exact) mass is 297 g/mol. The predicted octanol–water partition coefficient (Wildman–Crippen LogP) is 2.83. The molecule has 110 valence electrons. The van der Waals surface area contributed by atoms with E-state index < -0.39 is 15.4 Å². The second-order valence-corrected chi connectivity index (χ2v) is 7.53. The zero-order valence-electron chi connectivity index (χ0n) is 11.3. The van der Waals surface area contributed by atoms with Gasteiger partial charge in [0, 0.05) is 24.2 Å². The molecule has 0 atom stereocenters. The van der Waals surface area contributed by atoms with Crippen molar-refractivity contribution in [2.75, 3.05) is 5.75 Å². The molecule has 2 rings (SSSR count). The van der Waals surface area contributed by atoms with E-state index in [0.29, 0.717) is 12.8 Å². The first-order chi connectivity index (χ1) is 9.46. The predicted molar refractivity (Wildman–Crippen MR) is 75.9 cm³/mol. The average molecular weight is 297 g/mol. The number of hydrogen-bond acceptors (Lipinski definition) is 4. The van der Waals surface area contributed by atoms with Crippen LogP contribution in [0.25, 0.3) is 0 Å². The van der Waals surface area contributed by atoms with Crippen LogP contribution in [0.2, 0.25) is 0 Å². The first kappa shape index (κ1) is 15.0. The first-order valence-corrected chi connectivity index (χ1v) is 8.54. The highest BCUT2D eigenvalue weighted by Crippen LogP contribution is 2.34. The molecule has 1 saturated carbocycles. The summed E-state index contributed by atoms with van der Waals surface area (Å²) in [6.45, 7) is 0. The molecule has 0 spiro atoms. The summed E-state index contributed by atoms with van der Waals surface area (Å²) in [4.78, 5) is 11.3. The second kappa shape index (κ2) is 5.91. The Bertz CT molecular complexity index is 562. The van der Waals surface area contributed by atoms with Crippen molar-refractivity contribution in [2.24, 2.45) is 0 Å². The fraction of sp³-hybridized carbons (Fsp3) is 0.571. The van der Waals surface area contributed by atoms with Gasteiger partial charge < -0.3 is 0 Å². The van der Waals surface area contributed by atoms with Crippen molar-refractivity contribution in [3.05, 3.63) is 40.4 Å². The number of benzene rings is 1. The van der Waals surface area contributed by atoms with Crippen molar-refractivity contribution in [1.29, 1.82) is 0 Å². The van der Waals surface area contributed by atoms with Crippen LogP contribution in [0.1, 0.15) is 38.5 Å². The first-order valence-electron chi connectivity index (χ1n) is 6.89. The number of hydrogen-bond donors (Lipinski definition) is 0. The minimum absolute atomic E-state index is 0.108. The van der Waals surface area contributed by atoms with Gasteiger partial charge in [0.15, 0.2) is 9.84 Å². The highest BCUT2D eigenvalue weighted by Gasteiger charge is 2.44. The Hall–Kier alpha value is -1.43. The summed E-state index contributed by atoms with van der Waals surface area (Å²) >= 11 is 0. The van der Waals surface area contributed by atoms with E-state index in [1.165, 1.54) is 12.1 Å². The molecular weight excluding hydrogens is 278 g/mol. The topological polar surface area (TPSA) is 77.3 Å². The quantitative estimate of drug-likeness (QED) is 0.618. The summed E-state index contributed by atoms with van der Waals surface area (Å²) in [5.74, 6) is -0.155. The molecule has 0 aliphatic heterocycles. The SMILES string of the molecule is O=[N+]([O-])C1(CCS(=O)(=O)c2ccccc2)CCCCC1. The molecule has 5 nitrogen and oxygen atoms in total. The van der Waals surface area contributed by atoms with Crippen LogP contribution in [-0.4, -0.2) is 24.6 Å². The Morgan fingerprint density at radius 3 is 2.25 bits per heavy atom. The smallest absolute Gasteiger partial charge is 0.223 e. The van der Waals surface area contributed by atoms with E-state index in [1.807, 2.05) is 0 Å². The van der Waals surface area contributed by atoms with Gasteiger partial charge in [-0.05, 0) is 25.0 Å². The van der Waals surface area contributed by atoms with Gasteiger partial charge in [-0.25, -0.2) is 8.42 Å². The maximum atomic E-state index is 12.2. The van der Waals surface area contributed by atoms with E-state index in [1.54, 1.807) is 18.2 Å². The highest BCUT2D eigenvalue weighted by molar-refractivity contribution is 7.91. The lowest BCUT2D eigenvalue weighted by Gasteiger charge is -2.28. The molecule has 6 heteroatoms. The third kappa shape index (κ3) is 3.17. The van der Waals surface area contributed by atoms with E-state index in [-0.39, 0.29) is 22.0 Å². The Balaban J connectivity index is 2.12. The van der Waals surface area contributed by atoms with Crippen molar-refractivity contribution in [3.63, 3.8) is 0 Å². The molecule has 20 heavy (non-hydrogen) atoms. The van der Waals surface area contributed by atoms with E-state index in [0.717, 1.165) is 19.3 Å². The van der Waals surface area contributed by atoms with Crippen LogP contribution in [-0.2, 0) is 9.84 Å². The standard InChI is InChI=1S/C14H19NO4S/c16-15(17)14(9-5-2-6-10-14)11-12-20(18,19)13-7-3-1-4-8-13/h1,3-4,7-8H,2,5-6,9-12H2. The van der Waals surface area contributed by atoms with Crippen molar-refractivity contribution >= 4 is 9.84 Å². The molecule has 1 aromatic carbocycles. The lowest BCUT2D eigenvalue weighted by Crippen LogP contribution is -2.41. The summed E-state index contributed by atoms with van der Waals surface area (Å²) in [6, 6.07) is 8.15. The Morgan fingerprint density at radius 1 is 1.10 bits per heavy atom. The molecule has 0 saturated heterocycles. The third-order valence-corrected chi connectivity index (χ3v) is 5.84. The molecule has 1 aromatic rings.